The van der Waals surface area contributed by atoms with Crippen LogP contribution in [-0.4, -0.2) is 35.2 Å². The molecule has 2 bridgehead atoms. The molecule has 2 saturated carbocycles. The largest absolute Gasteiger partial charge is 0.497 e. The van der Waals surface area contributed by atoms with Gasteiger partial charge in [-0.3, -0.25) is 10.2 Å². The van der Waals surface area contributed by atoms with Crippen LogP contribution in [0.25, 0.3) is 0 Å². The average Bonchev–Trinajstić information content (AvgIpc) is 3.33. The van der Waals surface area contributed by atoms with Gasteiger partial charge in [-0.05, 0) is 67.9 Å². The second-order valence-corrected chi connectivity index (χ2v) is 8.20. The third-order valence-corrected chi connectivity index (χ3v) is 6.32. The number of nitrogens with zero attached hydrogens (tertiary/aromatic N) is 1. The van der Waals surface area contributed by atoms with Gasteiger partial charge < -0.3 is 15.4 Å². The first-order chi connectivity index (χ1) is 12.9. The number of hydrogen-bond donors (Lipinski definition) is 3. The summed E-state index contributed by atoms with van der Waals surface area (Å²) in [7, 11) is 1.56. The van der Waals surface area contributed by atoms with E-state index in [0.29, 0.717) is 28.4 Å². The number of hydrogen-bond acceptors (Lipinski definition) is 4. The number of nitrogens with one attached hydrogen (secondary N) is 3. The first kappa shape index (κ1) is 18.0. The van der Waals surface area contributed by atoms with Crippen LogP contribution in [0.2, 0.25) is 0 Å². The Hall–Kier alpha value is -2.35. The molecule has 0 radical (unpaired) electrons. The lowest BCUT2D eigenvalue weighted by atomic mass is 9.92. The topological polar surface area (TPSA) is 82.7 Å². The second-order valence-electron chi connectivity index (χ2n) is 7.79. The number of thiocarbonyl (C=S) groups is 1. The zero-order valence-electron chi connectivity index (χ0n) is 15.5. The van der Waals surface area contributed by atoms with E-state index in [2.05, 4.69) is 16.1 Å². The Morgan fingerprint density at radius 2 is 2.15 bits per heavy atom. The monoisotopic (exact) mass is 388 g/mol. The fraction of sp³-hybridized carbons (Fsp3) is 0.526. The Labute approximate surface area is 163 Å². The normalized spacial score (nSPS) is 31.8. The molecular formula is C19H24N4O3S. The lowest BCUT2D eigenvalue weighted by Gasteiger charge is -2.26. The van der Waals surface area contributed by atoms with Crippen LogP contribution in [0, 0.1) is 11.8 Å². The lowest BCUT2D eigenvalue weighted by molar-refractivity contribution is -0.132. The molecule has 3 amide bonds. The number of urea groups is 1. The molecule has 0 aromatic heterocycles. The number of methoxy groups -OCH3 is 1. The third-order valence-electron chi connectivity index (χ3n) is 6.11. The average molecular weight is 388 g/mol. The molecule has 1 aromatic carbocycles. The summed E-state index contributed by atoms with van der Waals surface area (Å²) in [5.41, 5.74) is 2.25. The van der Waals surface area contributed by atoms with Crippen molar-refractivity contribution in [2.75, 3.05) is 7.11 Å². The van der Waals surface area contributed by atoms with Crippen LogP contribution in [0.4, 0.5) is 4.79 Å². The van der Waals surface area contributed by atoms with Gasteiger partial charge in [0.05, 0.1) is 7.11 Å². The van der Waals surface area contributed by atoms with Crippen LogP contribution in [-0.2, 0) is 10.3 Å². The highest BCUT2D eigenvalue weighted by molar-refractivity contribution is 7.80. The Balaban J connectivity index is 1.45. The van der Waals surface area contributed by atoms with Crippen molar-refractivity contribution in [1.29, 1.82) is 0 Å². The highest BCUT2D eigenvalue weighted by Crippen LogP contribution is 2.44. The number of carbonyl (C=O) groups excluding carboxylic acids is 2. The van der Waals surface area contributed by atoms with Gasteiger partial charge in [0.15, 0.2) is 5.11 Å². The molecule has 0 spiro atoms. The fourth-order valence-corrected chi connectivity index (χ4v) is 4.84. The van der Waals surface area contributed by atoms with Crippen molar-refractivity contribution in [3.8, 4) is 5.75 Å². The Morgan fingerprint density at radius 1 is 1.33 bits per heavy atom. The van der Waals surface area contributed by atoms with Crippen molar-refractivity contribution in [1.82, 2.24) is 21.1 Å². The quantitative estimate of drug-likeness (QED) is 0.541. The van der Waals surface area contributed by atoms with Gasteiger partial charge in [0.25, 0.3) is 5.91 Å². The van der Waals surface area contributed by atoms with E-state index in [1.165, 1.54) is 19.3 Å². The molecule has 3 N–H and O–H groups in total. The van der Waals surface area contributed by atoms with Gasteiger partial charge in [-0.25, -0.2) is 4.79 Å². The Kier molecular flexibility index (Phi) is 4.46. The van der Waals surface area contributed by atoms with E-state index >= 15 is 0 Å². The number of carbonyl (C=O) groups is 2. The van der Waals surface area contributed by atoms with Gasteiger partial charge in [0.2, 0.25) is 0 Å². The molecule has 4 atom stereocenters. The van der Waals surface area contributed by atoms with Gasteiger partial charge in [0, 0.05) is 6.04 Å². The summed E-state index contributed by atoms with van der Waals surface area (Å²) < 4.78 is 5.23. The smallest absolute Gasteiger partial charge is 0.344 e. The van der Waals surface area contributed by atoms with Crippen LogP contribution in [0.1, 0.15) is 38.2 Å². The van der Waals surface area contributed by atoms with Crippen molar-refractivity contribution in [3.63, 3.8) is 0 Å². The maximum atomic E-state index is 13.0. The van der Waals surface area contributed by atoms with Crippen LogP contribution in [0.5, 0.6) is 5.75 Å². The summed E-state index contributed by atoms with van der Waals surface area (Å²) in [5.74, 6) is 1.64. The standard InChI is InChI=1S/C19H24N4O3S/c1-19(13-4-3-5-14(10-13)26-2)16(24)23(18(25)21-19)22-17(27)20-15-9-11-6-7-12(15)8-11/h3-5,10-12,15H,6-9H2,1-2H3,(H,21,25)(H2,20,22,27)/t11-,12-,15-,19+/m0/s1. The SMILES string of the molecule is COc1cccc([C@@]2(C)NC(=O)N(NC(=S)N[C@H]3C[C@H]4CC[C@H]3C4)C2=O)c1. The first-order valence-corrected chi connectivity index (χ1v) is 9.70. The molecule has 27 heavy (non-hydrogen) atoms. The van der Waals surface area contributed by atoms with E-state index in [0.717, 1.165) is 17.3 Å². The number of benzene rings is 1. The van der Waals surface area contributed by atoms with E-state index in [1.807, 2.05) is 0 Å². The number of ether oxygens (including phenoxy) is 1. The molecule has 0 unspecified atom stereocenters. The first-order valence-electron chi connectivity index (χ1n) is 9.29. The highest BCUT2D eigenvalue weighted by atomic mass is 32.1. The summed E-state index contributed by atoms with van der Waals surface area (Å²) in [4.78, 5) is 25.4. The van der Waals surface area contributed by atoms with Crippen molar-refractivity contribution >= 4 is 29.3 Å². The number of imide groups is 1. The van der Waals surface area contributed by atoms with E-state index < -0.39 is 17.5 Å². The molecule has 2 aliphatic carbocycles. The molecule has 3 fully saturated rings. The number of fused-ring (bicyclic) bond motifs is 2. The van der Waals surface area contributed by atoms with Gasteiger partial charge >= 0.3 is 6.03 Å². The molecule has 1 heterocycles. The van der Waals surface area contributed by atoms with Crippen LogP contribution in [0.15, 0.2) is 24.3 Å². The molecule has 7 nitrogen and oxygen atoms in total. The van der Waals surface area contributed by atoms with E-state index in [1.54, 1.807) is 38.3 Å². The number of amides is 3. The van der Waals surface area contributed by atoms with E-state index in [-0.39, 0.29) is 0 Å². The molecule has 8 heteroatoms. The van der Waals surface area contributed by atoms with Gasteiger partial charge in [-0.15, -0.1) is 0 Å². The lowest BCUT2D eigenvalue weighted by Crippen LogP contribution is -2.53. The van der Waals surface area contributed by atoms with Crippen molar-refractivity contribution in [3.05, 3.63) is 29.8 Å². The molecule has 1 saturated heterocycles. The van der Waals surface area contributed by atoms with Crippen LogP contribution in [0.3, 0.4) is 0 Å². The van der Waals surface area contributed by atoms with Crippen LogP contribution >= 0.6 is 12.2 Å². The Bertz CT molecular complexity index is 801. The van der Waals surface area contributed by atoms with Crippen molar-refractivity contribution in [2.45, 2.75) is 44.2 Å². The van der Waals surface area contributed by atoms with Gasteiger partial charge in [0.1, 0.15) is 11.3 Å². The molecule has 3 aliphatic rings. The minimum Gasteiger partial charge on any atom is -0.497 e. The maximum absolute atomic E-state index is 13.0. The summed E-state index contributed by atoms with van der Waals surface area (Å²) in [6.07, 6.45) is 4.88. The van der Waals surface area contributed by atoms with Gasteiger partial charge in [-0.1, -0.05) is 18.6 Å². The molecule has 4 rings (SSSR count). The third kappa shape index (κ3) is 3.12. The summed E-state index contributed by atoms with van der Waals surface area (Å²) in [6.45, 7) is 1.68. The summed E-state index contributed by atoms with van der Waals surface area (Å²) in [5, 5.41) is 7.32. The van der Waals surface area contributed by atoms with E-state index in [4.69, 9.17) is 17.0 Å². The second kappa shape index (κ2) is 6.67. The zero-order valence-corrected chi connectivity index (χ0v) is 16.3. The molecule has 1 aliphatic heterocycles. The molecular weight excluding hydrogens is 364 g/mol. The zero-order chi connectivity index (χ0) is 19.2. The summed E-state index contributed by atoms with van der Waals surface area (Å²) in [6, 6.07) is 6.91. The highest BCUT2D eigenvalue weighted by Gasteiger charge is 2.50. The van der Waals surface area contributed by atoms with Crippen molar-refractivity contribution < 1.29 is 14.3 Å². The maximum Gasteiger partial charge on any atom is 0.344 e. The fourth-order valence-electron chi connectivity index (χ4n) is 4.59. The molecule has 144 valence electrons. The van der Waals surface area contributed by atoms with E-state index in [9.17, 15) is 9.59 Å². The number of rotatable bonds is 4. The van der Waals surface area contributed by atoms with Crippen LogP contribution < -0.4 is 20.8 Å². The predicted molar refractivity (Wildman–Crippen MR) is 104 cm³/mol. The van der Waals surface area contributed by atoms with Crippen molar-refractivity contribution in [2.24, 2.45) is 11.8 Å². The minimum absolute atomic E-state index is 0.311. The Morgan fingerprint density at radius 3 is 2.81 bits per heavy atom. The molecule has 1 aromatic rings. The van der Waals surface area contributed by atoms with Gasteiger partial charge in [-0.2, -0.15) is 5.01 Å². The predicted octanol–water partition coefficient (Wildman–Crippen LogP) is 2.03. The summed E-state index contributed by atoms with van der Waals surface area (Å²) >= 11 is 5.36. The number of hydrazine groups is 1. The minimum atomic E-state index is -1.18.